The number of carbonyl (C=O) groups excluding carboxylic acids is 1. The number of hydrogen-bond acceptors (Lipinski definition) is 5. The van der Waals surface area contributed by atoms with Crippen LogP contribution in [0.3, 0.4) is 0 Å². The van der Waals surface area contributed by atoms with E-state index >= 15 is 0 Å². The first-order chi connectivity index (χ1) is 10.1. The first kappa shape index (κ1) is 16.1. The van der Waals surface area contributed by atoms with Crippen LogP contribution in [0.2, 0.25) is 0 Å². The summed E-state index contributed by atoms with van der Waals surface area (Å²) in [5.74, 6) is 1.02. The van der Waals surface area contributed by atoms with Crippen LogP contribution in [-0.4, -0.2) is 39.1 Å². The van der Waals surface area contributed by atoms with Crippen LogP contribution in [0.15, 0.2) is 11.2 Å². The Morgan fingerprint density at radius 2 is 2.10 bits per heavy atom. The highest BCUT2D eigenvalue weighted by Gasteiger charge is 2.24. The van der Waals surface area contributed by atoms with Gasteiger partial charge in [-0.25, -0.2) is 9.97 Å². The number of thioether (sulfide) groups is 1. The lowest BCUT2D eigenvalue weighted by Crippen LogP contribution is -2.42. The Kier molecular flexibility index (Phi) is 5.85. The van der Waals surface area contributed by atoms with Crippen molar-refractivity contribution < 1.29 is 4.79 Å². The molecule has 1 saturated carbocycles. The van der Waals surface area contributed by atoms with E-state index in [1.54, 1.807) is 6.07 Å². The molecule has 1 aliphatic rings. The lowest BCUT2D eigenvalue weighted by Gasteiger charge is -2.33. The lowest BCUT2D eigenvalue weighted by atomic mass is 9.94. The van der Waals surface area contributed by atoms with E-state index in [0.29, 0.717) is 22.8 Å². The van der Waals surface area contributed by atoms with Crippen molar-refractivity contribution in [3.8, 4) is 0 Å². The average Bonchev–Trinajstić information content (AvgIpc) is 2.46. The lowest BCUT2D eigenvalue weighted by molar-refractivity contribution is -0.131. The highest BCUT2D eigenvalue weighted by atomic mass is 32.2. The molecule has 0 spiro atoms. The molecule has 1 fully saturated rings. The van der Waals surface area contributed by atoms with Crippen LogP contribution >= 0.6 is 11.8 Å². The summed E-state index contributed by atoms with van der Waals surface area (Å²) < 4.78 is 0. The quantitative estimate of drug-likeness (QED) is 0.669. The Bertz CT molecular complexity index is 468. The topological polar surface area (TPSA) is 72.1 Å². The number of hydrogen-bond donors (Lipinski definition) is 1. The zero-order chi connectivity index (χ0) is 15.2. The van der Waals surface area contributed by atoms with Gasteiger partial charge in [0, 0.05) is 24.3 Å². The fourth-order valence-electron chi connectivity index (χ4n) is 2.87. The summed E-state index contributed by atoms with van der Waals surface area (Å²) in [6.07, 6.45) is 6.04. The van der Waals surface area contributed by atoms with Crippen LogP contribution in [0.25, 0.3) is 0 Å². The third-order valence-corrected chi connectivity index (χ3v) is 4.69. The number of rotatable bonds is 5. The van der Waals surface area contributed by atoms with Crippen molar-refractivity contribution in [2.45, 2.75) is 57.1 Å². The van der Waals surface area contributed by atoms with Crippen LogP contribution in [0.1, 0.15) is 44.7 Å². The maximum Gasteiger partial charge on any atom is 0.233 e. The molecule has 116 valence electrons. The number of nitrogens with two attached hydrogens (primary N) is 1. The highest BCUT2D eigenvalue weighted by Crippen LogP contribution is 2.24. The van der Waals surface area contributed by atoms with Crippen molar-refractivity contribution in [2.75, 3.05) is 18.0 Å². The highest BCUT2D eigenvalue weighted by molar-refractivity contribution is 7.99. The molecule has 0 saturated heterocycles. The smallest absolute Gasteiger partial charge is 0.233 e. The van der Waals surface area contributed by atoms with Crippen molar-refractivity contribution in [1.29, 1.82) is 0 Å². The summed E-state index contributed by atoms with van der Waals surface area (Å²) in [5.41, 5.74) is 6.54. The van der Waals surface area contributed by atoms with Crippen LogP contribution in [0.4, 0.5) is 5.82 Å². The fourth-order valence-corrected chi connectivity index (χ4v) is 3.67. The second-order valence-electron chi connectivity index (χ2n) is 5.48. The molecule has 5 nitrogen and oxygen atoms in total. The van der Waals surface area contributed by atoms with Gasteiger partial charge in [0.2, 0.25) is 5.91 Å². The molecule has 0 radical (unpaired) electrons. The molecule has 0 atom stereocenters. The summed E-state index contributed by atoms with van der Waals surface area (Å²) >= 11 is 1.37. The Morgan fingerprint density at radius 1 is 1.38 bits per heavy atom. The van der Waals surface area contributed by atoms with Crippen molar-refractivity contribution in [2.24, 2.45) is 0 Å². The van der Waals surface area contributed by atoms with Crippen molar-refractivity contribution in [3.05, 3.63) is 11.8 Å². The Morgan fingerprint density at radius 3 is 2.71 bits per heavy atom. The van der Waals surface area contributed by atoms with Gasteiger partial charge < -0.3 is 10.6 Å². The van der Waals surface area contributed by atoms with Crippen LogP contribution in [0.5, 0.6) is 0 Å². The largest absolute Gasteiger partial charge is 0.384 e. The number of nitrogen functional groups attached to an aromatic ring is 1. The van der Waals surface area contributed by atoms with Crippen molar-refractivity contribution in [3.63, 3.8) is 0 Å². The molecule has 1 amide bonds. The third-order valence-electron chi connectivity index (χ3n) is 3.85. The molecular formula is C15H24N4OS. The first-order valence-electron chi connectivity index (χ1n) is 7.63. The summed E-state index contributed by atoms with van der Waals surface area (Å²) in [5, 5.41) is 0.584. The summed E-state index contributed by atoms with van der Waals surface area (Å²) in [6, 6.07) is 2.15. The SMILES string of the molecule is CCN(C(=O)CSc1nc(C)cc(N)n1)C1CCCCC1. The molecular weight excluding hydrogens is 284 g/mol. The van der Waals surface area contributed by atoms with Gasteiger partial charge in [0.25, 0.3) is 0 Å². The van der Waals surface area contributed by atoms with E-state index < -0.39 is 0 Å². The van der Waals surface area contributed by atoms with E-state index in [4.69, 9.17) is 5.73 Å². The van der Waals surface area contributed by atoms with Gasteiger partial charge >= 0.3 is 0 Å². The molecule has 6 heteroatoms. The van der Waals surface area contributed by atoms with Gasteiger partial charge in [-0.05, 0) is 26.7 Å². The van der Waals surface area contributed by atoms with Gasteiger partial charge in [-0.3, -0.25) is 4.79 Å². The molecule has 0 aliphatic heterocycles. The van der Waals surface area contributed by atoms with E-state index in [1.807, 2.05) is 11.8 Å². The average molecular weight is 308 g/mol. The second-order valence-corrected chi connectivity index (χ2v) is 6.42. The summed E-state index contributed by atoms with van der Waals surface area (Å²) in [7, 11) is 0. The first-order valence-corrected chi connectivity index (χ1v) is 8.62. The summed E-state index contributed by atoms with van der Waals surface area (Å²) in [6.45, 7) is 4.71. The van der Waals surface area contributed by atoms with E-state index in [1.165, 1.54) is 31.0 Å². The normalized spacial score (nSPS) is 15.9. The number of aryl methyl sites for hydroxylation is 1. The minimum absolute atomic E-state index is 0.179. The zero-order valence-electron chi connectivity index (χ0n) is 12.8. The molecule has 0 aromatic carbocycles. The maximum absolute atomic E-state index is 12.4. The van der Waals surface area contributed by atoms with E-state index in [-0.39, 0.29) is 5.91 Å². The van der Waals surface area contributed by atoms with Gasteiger partial charge in [-0.1, -0.05) is 31.0 Å². The standard InChI is InChI=1S/C15H24N4OS/c1-3-19(12-7-5-4-6-8-12)14(20)10-21-15-17-11(2)9-13(16)18-15/h9,12H,3-8,10H2,1-2H3,(H2,16,17,18). The number of anilines is 1. The molecule has 1 heterocycles. The van der Waals surface area contributed by atoms with E-state index in [0.717, 1.165) is 25.1 Å². The van der Waals surface area contributed by atoms with Gasteiger partial charge in [0.1, 0.15) is 5.82 Å². The van der Waals surface area contributed by atoms with Crippen LogP contribution in [-0.2, 0) is 4.79 Å². The number of carbonyl (C=O) groups is 1. The van der Waals surface area contributed by atoms with Gasteiger partial charge in [-0.15, -0.1) is 0 Å². The monoisotopic (exact) mass is 308 g/mol. The summed E-state index contributed by atoms with van der Waals surface area (Å²) in [4.78, 5) is 22.9. The van der Waals surface area contributed by atoms with Crippen LogP contribution < -0.4 is 5.73 Å². The molecule has 1 aliphatic carbocycles. The van der Waals surface area contributed by atoms with Gasteiger partial charge in [-0.2, -0.15) is 0 Å². The zero-order valence-corrected chi connectivity index (χ0v) is 13.7. The van der Waals surface area contributed by atoms with Crippen LogP contribution in [0, 0.1) is 6.92 Å². The molecule has 1 aromatic heterocycles. The number of amides is 1. The van der Waals surface area contributed by atoms with E-state index in [9.17, 15) is 4.79 Å². The van der Waals surface area contributed by atoms with Crippen molar-refractivity contribution in [1.82, 2.24) is 14.9 Å². The minimum atomic E-state index is 0.179. The molecule has 2 N–H and O–H groups in total. The second kappa shape index (κ2) is 7.64. The number of nitrogens with zero attached hydrogens (tertiary/aromatic N) is 3. The number of aromatic nitrogens is 2. The maximum atomic E-state index is 12.4. The predicted molar refractivity (Wildman–Crippen MR) is 86.2 cm³/mol. The molecule has 1 aromatic rings. The molecule has 21 heavy (non-hydrogen) atoms. The van der Waals surface area contributed by atoms with E-state index in [2.05, 4.69) is 16.9 Å². The molecule has 0 unspecified atom stereocenters. The Labute approximate surface area is 130 Å². The Balaban J connectivity index is 1.92. The predicted octanol–water partition coefficient (Wildman–Crippen LogP) is 2.64. The fraction of sp³-hybridized carbons (Fsp3) is 0.667. The molecule has 2 rings (SSSR count). The third kappa shape index (κ3) is 4.59. The van der Waals surface area contributed by atoms with Crippen molar-refractivity contribution >= 4 is 23.5 Å². The minimum Gasteiger partial charge on any atom is -0.384 e. The Hall–Kier alpha value is -1.30. The molecule has 0 bridgehead atoms. The van der Waals surface area contributed by atoms with Gasteiger partial charge in [0.05, 0.1) is 5.75 Å². The van der Waals surface area contributed by atoms with Gasteiger partial charge in [0.15, 0.2) is 5.16 Å².